The van der Waals surface area contributed by atoms with Gasteiger partial charge in [0.15, 0.2) is 0 Å². The lowest BCUT2D eigenvalue weighted by Crippen LogP contribution is -1.93. The van der Waals surface area contributed by atoms with Crippen molar-refractivity contribution in [2.24, 2.45) is 0 Å². The Kier molecular flexibility index (Phi) is 3.51. The molecule has 1 heterocycles. The van der Waals surface area contributed by atoms with Crippen LogP contribution in [-0.2, 0) is 6.42 Å². The van der Waals surface area contributed by atoms with Crippen LogP contribution in [0.3, 0.4) is 0 Å². The number of fused-ring (bicyclic) bond motifs is 10. The first-order chi connectivity index (χ1) is 16.9. The van der Waals surface area contributed by atoms with Crippen LogP contribution in [0.2, 0.25) is 0 Å². The van der Waals surface area contributed by atoms with E-state index >= 15 is 0 Å². The van der Waals surface area contributed by atoms with Crippen LogP contribution in [0.15, 0.2) is 115 Å². The van der Waals surface area contributed by atoms with Gasteiger partial charge in [0.2, 0.25) is 0 Å². The molecule has 1 aliphatic carbocycles. The number of para-hydroxylation sites is 1. The Balaban J connectivity index is 1.60. The highest BCUT2D eigenvalue weighted by molar-refractivity contribution is 6.26. The summed E-state index contributed by atoms with van der Waals surface area (Å²) in [6, 6.07) is 42.4. The lowest BCUT2D eigenvalue weighted by molar-refractivity contribution is 1.18. The highest BCUT2D eigenvalue weighted by Crippen LogP contribution is 2.48. The fourth-order valence-corrected chi connectivity index (χ4v) is 6.09. The molecule has 0 saturated heterocycles. The molecule has 0 unspecified atom stereocenters. The first-order valence-electron chi connectivity index (χ1n) is 11.9. The van der Waals surface area contributed by atoms with E-state index in [-0.39, 0.29) is 0 Å². The number of benzene rings is 6. The predicted molar refractivity (Wildman–Crippen MR) is 144 cm³/mol. The SMILES string of the molecule is c1ccc(-n2c3ccc4c(c3c3c5ccccc5ccc32)-c2cc3ccccc3cc2C4)cc1. The van der Waals surface area contributed by atoms with Crippen LogP contribution in [0, 0.1) is 0 Å². The molecular formula is C33H21N. The van der Waals surface area contributed by atoms with Crippen molar-refractivity contribution >= 4 is 43.4 Å². The van der Waals surface area contributed by atoms with E-state index in [0.29, 0.717) is 0 Å². The minimum Gasteiger partial charge on any atom is -0.309 e. The van der Waals surface area contributed by atoms with Gasteiger partial charge in [0.1, 0.15) is 0 Å². The zero-order valence-corrected chi connectivity index (χ0v) is 18.6. The van der Waals surface area contributed by atoms with Crippen LogP contribution < -0.4 is 0 Å². The number of aromatic nitrogens is 1. The summed E-state index contributed by atoms with van der Waals surface area (Å²) in [6.45, 7) is 0. The molecule has 0 atom stereocenters. The smallest absolute Gasteiger partial charge is 0.0547 e. The van der Waals surface area contributed by atoms with E-state index in [1.807, 2.05) is 0 Å². The molecule has 1 aliphatic rings. The van der Waals surface area contributed by atoms with Crippen LogP contribution in [0.25, 0.3) is 60.2 Å². The normalized spacial score (nSPS) is 12.6. The van der Waals surface area contributed by atoms with E-state index in [2.05, 4.69) is 120 Å². The van der Waals surface area contributed by atoms with Crippen LogP contribution in [0.5, 0.6) is 0 Å². The fourth-order valence-electron chi connectivity index (χ4n) is 6.09. The molecule has 1 heteroatoms. The van der Waals surface area contributed by atoms with Gasteiger partial charge in [-0.25, -0.2) is 0 Å². The summed E-state index contributed by atoms with van der Waals surface area (Å²) < 4.78 is 2.44. The minimum atomic E-state index is 0.994. The molecule has 0 bridgehead atoms. The van der Waals surface area contributed by atoms with Gasteiger partial charge in [-0.05, 0) is 80.6 Å². The van der Waals surface area contributed by atoms with Gasteiger partial charge in [0.25, 0.3) is 0 Å². The van der Waals surface area contributed by atoms with E-state index in [1.54, 1.807) is 0 Å². The Bertz CT molecular complexity index is 1920. The van der Waals surface area contributed by atoms with Crippen molar-refractivity contribution in [1.29, 1.82) is 0 Å². The maximum Gasteiger partial charge on any atom is 0.0547 e. The van der Waals surface area contributed by atoms with Crippen LogP contribution in [0.1, 0.15) is 11.1 Å². The summed E-state index contributed by atoms with van der Waals surface area (Å²) in [4.78, 5) is 0. The maximum atomic E-state index is 2.44. The Hall–Kier alpha value is -4.36. The summed E-state index contributed by atoms with van der Waals surface area (Å²) >= 11 is 0. The molecule has 1 aromatic heterocycles. The molecule has 0 aliphatic heterocycles. The van der Waals surface area contributed by atoms with Crippen molar-refractivity contribution in [3.8, 4) is 16.8 Å². The summed E-state index contributed by atoms with van der Waals surface area (Å²) in [7, 11) is 0. The van der Waals surface area contributed by atoms with Gasteiger partial charge in [0, 0.05) is 16.5 Å². The Labute approximate surface area is 197 Å². The first-order valence-corrected chi connectivity index (χ1v) is 11.9. The van der Waals surface area contributed by atoms with Gasteiger partial charge >= 0.3 is 0 Å². The standard InChI is InChI=1S/C33H21N/c1-2-11-26(12-3-1)34-29-16-14-21-8-6-7-13-27(21)32(29)33-30(34)17-15-24-19-25-18-22-9-4-5-10-23(22)20-28(25)31(24)33/h1-18,20H,19H2. The number of rotatable bonds is 1. The third-order valence-corrected chi connectivity index (χ3v) is 7.54. The molecule has 7 aromatic rings. The van der Waals surface area contributed by atoms with Gasteiger partial charge in [-0.3, -0.25) is 0 Å². The van der Waals surface area contributed by atoms with Gasteiger partial charge in [-0.2, -0.15) is 0 Å². The monoisotopic (exact) mass is 431 g/mol. The Morgan fingerprint density at radius 1 is 0.500 bits per heavy atom. The molecule has 0 amide bonds. The van der Waals surface area contributed by atoms with Crippen LogP contribution in [0.4, 0.5) is 0 Å². The summed E-state index contributed by atoms with van der Waals surface area (Å²) in [5.74, 6) is 0. The van der Waals surface area contributed by atoms with Gasteiger partial charge < -0.3 is 4.57 Å². The summed E-state index contributed by atoms with van der Waals surface area (Å²) in [5.41, 5.74) is 9.41. The topological polar surface area (TPSA) is 4.93 Å². The second-order valence-electron chi connectivity index (χ2n) is 9.38. The molecule has 8 rings (SSSR count). The van der Waals surface area contributed by atoms with Crippen molar-refractivity contribution < 1.29 is 0 Å². The van der Waals surface area contributed by atoms with E-state index in [9.17, 15) is 0 Å². The van der Waals surface area contributed by atoms with E-state index < -0.39 is 0 Å². The molecule has 1 nitrogen and oxygen atoms in total. The zero-order valence-electron chi connectivity index (χ0n) is 18.6. The zero-order chi connectivity index (χ0) is 22.2. The lowest BCUT2D eigenvalue weighted by atomic mass is 9.95. The quantitative estimate of drug-likeness (QED) is 0.245. The van der Waals surface area contributed by atoms with Gasteiger partial charge in [-0.15, -0.1) is 0 Å². The second-order valence-corrected chi connectivity index (χ2v) is 9.38. The second kappa shape index (κ2) is 6.59. The summed E-state index contributed by atoms with van der Waals surface area (Å²) in [5, 5.41) is 7.97. The molecule has 0 spiro atoms. The first kappa shape index (κ1) is 18.1. The van der Waals surface area contributed by atoms with Crippen molar-refractivity contribution in [3.05, 3.63) is 126 Å². The largest absolute Gasteiger partial charge is 0.309 e. The van der Waals surface area contributed by atoms with E-state index in [4.69, 9.17) is 0 Å². The van der Waals surface area contributed by atoms with Gasteiger partial charge in [-0.1, -0.05) is 84.9 Å². The van der Waals surface area contributed by atoms with Gasteiger partial charge in [0.05, 0.1) is 11.0 Å². The van der Waals surface area contributed by atoms with E-state index in [0.717, 1.165) is 6.42 Å². The highest BCUT2D eigenvalue weighted by atomic mass is 15.0. The fraction of sp³-hybridized carbons (Fsp3) is 0.0303. The predicted octanol–water partition coefficient (Wildman–Crippen LogP) is 8.66. The molecule has 34 heavy (non-hydrogen) atoms. The number of nitrogens with zero attached hydrogens (tertiary/aromatic N) is 1. The average Bonchev–Trinajstić information content (AvgIpc) is 3.42. The summed E-state index contributed by atoms with van der Waals surface area (Å²) in [6.07, 6.45) is 0.994. The lowest BCUT2D eigenvalue weighted by Gasteiger charge is -2.09. The molecule has 0 saturated carbocycles. The van der Waals surface area contributed by atoms with Crippen molar-refractivity contribution in [3.63, 3.8) is 0 Å². The Morgan fingerprint density at radius 3 is 2.03 bits per heavy atom. The van der Waals surface area contributed by atoms with Crippen LogP contribution >= 0.6 is 0 Å². The third kappa shape index (κ3) is 2.34. The van der Waals surface area contributed by atoms with Crippen molar-refractivity contribution in [2.75, 3.05) is 0 Å². The highest BCUT2D eigenvalue weighted by Gasteiger charge is 2.26. The molecule has 0 fully saturated rings. The molecule has 158 valence electrons. The molecular weight excluding hydrogens is 410 g/mol. The van der Waals surface area contributed by atoms with Crippen molar-refractivity contribution in [2.45, 2.75) is 6.42 Å². The third-order valence-electron chi connectivity index (χ3n) is 7.54. The molecule has 0 N–H and O–H groups in total. The van der Waals surface area contributed by atoms with Crippen LogP contribution in [-0.4, -0.2) is 4.57 Å². The number of hydrogen-bond donors (Lipinski definition) is 0. The Morgan fingerprint density at radius 2 is 1.18 bits per heavy atom. The van der Waals surface area contributed by atoms with E-state index in [1.165, 1.54) is 71.3 Å². The minimum absolute atomic E-state index is 0.994. The van der Waals surface area contributed by atoms with Crippen molar-refractivity contribution in [1.82, 2.24) is 4.57 Å². The maximum absolute atomic E-state index is 2.44. The molecule has 6 aromatic carbocycles. The average molecular weight is 432 g/mol. The molecule has 0 radical (unpaired) electrons. The number of hydrogen-bond acceptors (Lipinski definition) is 0.